The third-order valence-electron chi connectivity index (χ3n) is 2.28. The molecule has 0 radical (unpaired) electrons. The lowest BCUT2D eigenvalue weighted by atomic mass is 10.1. The molecule has 82 valence electrons. The van der Waals surface area contributed by atoms with Crippen molar-refractivity contribution in [1.82, 2.24) is 5.32 Å². The Kier molecular flexibility index (Phi) is 4.29. The van der Waals surface area contributed by atoms with Crippen molar-refractivity contribution in [1.29, 1.82) is 0 Å². The first-order chi connectivity index (χ1) is 7.00. The van der Waals surface area contributed by atoms with Crippen molar-refractivity contribution in [3.05, 3.63) is 34.3 Å². The molecule has 3 N–H and O–H groups in total. The summed E-state index contributed by atoms with van der Waals surface area (Å²) in [7, 11) is 0. The van der Waals surface area contributed by atoms with E-state index in [9.17, 15) is 4.79 Å². The van der Waals surface area contributed by atoms with Gasteiger partial charge in [0.15, 0.2) is 0 Å². The molecule has 0 bridgehead atoms. The molecule has 0 heterocycles. The standard InChI is InChI=1S/C11H15BrN2O/c1-7(14-8(2)11(13)15)9-4-3-5-10(12)6-9/h3-8,14H,1-2H3,(H2,13,15)/t7-,8?/m0/s1. The van der Waals surface area contributed by atoms with Gasteiger partial charge in [0.2, 0.25) is 5.91 Å². The van der Waals surface area contributed by atoms with Gasteiger partial charge in [-0.3, -0.25) is 10.1 Å². The molecule has 1 amide bonds. The largest absolute Gasteiger partial charge is 0.368 e. The van der Waals surface area contributed by atoms with Gasteiger partial charge in [-0.15, -0.1) is 0 Å². The van der Waals surface area contributed by atoms with E-state index >= 15 is 0 Å². The van der Waals surface area contributed by atoms with Crippen LogP contribution in [0.3, 0.4) is 0 Å². The maximum Gasteiger partial charge on any atom is 0.234 e. The van der Waals surface area contributed by atoms with Gasteiger partial charge in [-0.25, -0.2) is 0 Å². The lowest BCUT2D eigenvalue weighted by Crippen LogP contribution is -2.39. The maximum absolute atomic E-state index is 10.9. The Labute approximate surface area is 98.2 Å². The Morgan fingerprint density at radius 3 is 2.67 bits per heavy atom. The first-order valence-corrected chi connectivity index (χ1v) is 5.61. The van der Waals surface area contributed by atoms with Crippen molar-refractivity contribution >= 4 is 21.8 Å². The minimum atomic E-state index is -0.336. The number of primary amides is 1. The number of rotatable bonds is 4. The Morgan fingerprint density at radius 1 is 1.47 bits per heavy atom. The molecule has 0 saturated heterocycles. The molecule has 0 aliphatic heterocycles. The number of benzene rings is 1. The zero-order valence-electron chi connectivity index (χ0n) is 8.83. The van der Waals surface area contributed by atoms with Crippen molar-refractivity contribution in [2.45, 2.75) is 25.9 Å². The van der Waals surface area contributed by atoms with Gasteiger partial charge in [0.05, 0.1) is 6.04 Å². The van der Waals surface area contributed by atoms with E-state index in [0.29, 0.717) is 0 Å². The van der Waals surface area contributed by atoms with Crippen LogP contribution < -0.4 is 11.1 Å². The van der Waals surface area contributed by atoms with Crippen LogP contribution >= 0.6 is 15.9 Å². The zero-order valence-corrected chi connectivity index (χ0v) is 10.4. The number of halogens is 1. The third kappa shape index (κ3) is 3.64. The summed E-state index contributed by atoms with van der Waals surface area (Å²) in [6.45, 7) is 3.76. The van der Waals surface area contributed by atoms with Gasteiger partial charge in [-0.1, -0.05) is 28.1 Å². The molecule has 4 heteroatoms. The molecule has 2 atom stereocenters. The summed E-state index contributed by atoms with van der Waals surface area (Å²) in [5, 5.41) is 3.13. The fraction of sp³-hybridized carbons (Fsp3) is 0.364. The minimum absolute atomic E-state index is 0.102. The quantitative estimate of drug-likeness (QED) is 0.879. The average molecular weight is 271 g/mol. The number of amides is 1. The number of hydrogen-bond acceptors (Lipinski definition) is 2. The van der Waals surface area contributed by atoms with Crippen molar-refractivity contribution in [2.75, 3.05) is 0 Å². The van der Waals surface area contributed by atoms with Crippen LogP contribution in [0.2, 0.25) is 0 Å². The van der Waals surface area contributed by atoms with Crippen LogP contribution in [-0.2, 0) is 4.79 Å². The highest BCUT2D eigenvalue weighted by Crippen LogP contribution is 2.18. The molecule has 1 rings (SSSR count). The van der Waals surface area contributed by atoms with E-state index in [1.54, 1.807) is 6.92 Å². The monoisotopic (exact) mass is 270 g/mol. The molecular formula is C11H15BrN2O. The fourth-order valence-corrected chi connectivity index (χ4v) is 1.75. The van der Waals surface area contributed by atoms with Crippen molar-refractivity contribution in [3.8, 4) is 0 Å². The Bertz CT molecular complexity index is 354. The molecule has 3 nitrogen and oxygen atoms in total. The van der Waals surface area contributed by atoms with Gasteiger partial charge in [0, 0.05) is 10.5 Å². The van der Waals surface area contributed by atoms with Crippen LogP contribution in [0.15, 0.2) is 28.7 Å². The minimum Gasteiger partial charge on any atom is -0.368 e. The van der Waals surface area contributed by atoms with Crippen LogP contribution in [0.4, 0.5) is 0 Å². The summed E-state index contributed by atoms with van der Waals surface area (Å²) in [6.07, 6.45) is 0. The van der Waals surface area contributed by atoms with Gasteiger partial charge in [0.1, 0.15) is 0 Å². The first kappa shape index (κ1) is 12.2. The lowest BCUT2D eigenvalue weighted by molar-refractivity contribution is -0.119. The van der Waals surface area contributed by atoms with Crippen LogP contribution in [0.1, 0.15) is 25.5 Å². The predicted octanol–water partition coefficient (Wildman–Crippen LogP) is 1.97. The van der Waals surface area contributed by atoms with E-state index in [1.807, 2.05) is 31.2 Å². The Balaban J connectivity index is 2.68. The number of hydrogen-bond donors (Lipinski definition) is 2. The SMILES string of the molecule is CC(N[C@@H](C)c1cccc(Br)c1)C(N)=O. The molecule has 0 spiro atoms. The predicted molar refractivity (Wildman–Crippen MR) is 64.3 cm³/mol. The van der Waals surface area contributed by atoms with Crippen molar-refractivity contribution in [2.24, 2.45) is 5.73 Å². The molecule has 0 aliphatic rings. The highest BCUT2D eigenvalue weighted by molar-refractivity contribution is 9.10. The van der Waals surface area contributed by atoms with E-state index < -0.39 is 0 Å². The lowest BCUT2D eigenvalue weighted by Gasteiger charge is -2.18. The van der Waals surface area contributed by atoms with E-state index in [4.69, 9.17) is 5.73 Å². The number of nitrogens with one attached hydrogen (secondary N) is 1. The molecule has 1 aromatic carbocycles. The van der Waals surface area contributed by atoms with Crippen LogP contribution in [0.25, 0.3) is 0 Å². The summed E-state index contributed by atoms with van der Waals surface area (Å²) in [5.74, 6) is -0.336. The highest BCUT2D eigenvalue weighted by Gasteiger charge is 2.13. The molecule has 0 aromatic heterocycles. The van der Waals surface area contributed by atoms with Crippen LogP contribution in [-0.4, -0.2) is 11.9 Å². The summed E-state index contributed by atoms with van der Waals surface area (Å²) < 4.78 is 1.03. The molecule has 1 aromatic rings. The second-order valence-electron chi connectivity index (χ2n) is 3.57. The average Bonchev–Trinajstić information content (AvgIpc) is 2.17. The van der Waals surface area contributed by atoms with Gasteiger partial charge in [0.25, 0.3) is 0 Å². The number of carbonyl (C=O) groups is 1. The molecular weight excluding hydrogens is 256 g/mol. The zero-order chi connectivity index (χ0) is 11.4. The molecule has 0 saturated carbocycles. The normalized spacial score (nSPS) is 14.6. The van der Waals surface area contributed by atoms with Gasteiger partial charge in [-0.05, 0) is 31.5 Å². The first-order valence-electron chi connectivity index (χ1n) is 4.81. The van der Waals surface area contributed by atoms with E-state index in [0.717, 1.165) is 10.0 Å². The topological polar surface area (TPSA) is 55.1 Å². The maximum atomic E-state index is 10.9. The van der Waals surface area contributed by atoms with Gasteiger partial charge < -0.3 is 5.73 Å². The van der Waals surface area contributed by atoms with Crippen LogP contribution in [0, 0.1) is 0 Å². The van der Waals surface area contributed by atoms with E-state index in [1.165, 1.54) is 0 Å². The van der Waals surface area contributed by atoms with Gasteiger partial charge >= 0.3 is 0 Å². The fourth-order valence-electron chi connectivity index (χ4n) is 1.33. The Hall–Kier alpha value is -0.870. The molecule has 1 unspecified atom stereocenters. The second kappa shape index (κ2) is 5.28. The Morgan fingerprint density at radius 2 is 2.13 bits per heavy atom. The second-order valence-corrected chi connectivity index (χ2v) is 4.48. The van der Waals surface area contributed by atoms with E-state index in [2.05, 4.69) is 21.2 Å². The van der Waals surface area contributed by atoms with Crippen molar-refractivity contribution < 1.29 is 4.79 Å². The summed E-state index contributed by atoms with van der Waals surface area (Å²) in [4.78, 5) is 10.9. The summed E-state index contributed by atoms with van der Waals surface area (Å²) in [6, 6.07) is 7.74. The summed E-state index contributed by atoms with van der Waals surface area (Å²) in [5.41, 5.74) is 6.30. The van der Waals surface area contributed by atoms with Gasteiger partial charge in [-0.2, -0.15) is 0 Å². The van der Waals surface area contributed by atoms with Crippen LogP contribution in [0.5, 0.6) is 0 Å². The molecule has 0 aliphatic carbocycles. The molecule has 0 fully saturated rings. The number of nitrogens with two attached hydrogens (primary N) is 1. The molecule has 15 heavy (non-hydrogen) atoms. The summed E-state index contributed by atoms with van der Waals surface area (Å²) >= 11 is 3.41. The van der Waals surface area contributed by atoms with Crippen molar-refractivity contribution in [3.63, 3.8) is 0 Å². The smallest absolute Gasteiger partial charge is 0.234 e. The third-order valence-corrected chi connectivity index (χ3v) is 2.77. The highest BCUT2D eigenvalue weighted by atomic mass is 79.9. The van der Waals surface area contributed by atoms with E-state index in [-0.39, 0.29) is 18.0 Å². The number of carbonyl (C=O) groups excluding carboxylic acids is 1.